The van der Waals surface area contributed by atoms with E-state index < -0.39 is 17.8 Å². The van der Waals surface area contributed by atoms with Gasteiger partial charge >= 0.3 is 6.18 Å². The van der Waals surface area contributed by atoms with Crippen LogP contribution >= 0.6 is 15.9 Å². The predicted molar refractivity (Wildman–Crippen MR) is 118 cm³/mol. The maximum atomic E-state index is 13.8. The number of carbonyl (C=O) groups excluding carboxylic acids is 1. The van der Waals surface area contributed by atoms with Crippen LogP contribution < -0.4 is 4.90 Å². The Morgan fingerprint density at radius 2 is 1.78 bits per heavy atom. The van der Waals surface area contributed by atoms with Gasteiger partial charge in [0.1, 0.15) is 0 Å². The summed E-state index contributed by atoms with van der Waals surface area (Å²) in [6.07, 6.45) is -3.05. The molecule has 0 aliphatic carbocycles. The molecule has 0 bridgehead atoms. The number of fused-ring (bicyclic) bond motifs is 2. The number of halogens is 4. The first kappa shape index (κ1) is 20.7. The lowest BCUT2D eigenvalue weighted by Crippen LogP contribution is -2.35. The van der Waals surface area contributed by atoms with Crippen LogP contribution in [-0.4, -0.2) is 27.0 Å². The van der Waals surface area contributed by atoms with Crippen LogP contribution in [0.25, 0.3) is 16.9 Å². The van der Waals surface area contributed by atoms with E-state index in [1.807, 2.05) is 24.3 Å². The van der Waals surface area contributed by atoms with E-state index >= 15 is 0 Å². The zero-order valence-corrected chi connectivity index (χ0v) is 18.2. The van der Waals surface area contributed by atoms with Gasteiger partial charge in [0.15, 0.2) is 17.0 Å². The van der Waals surface area contributed by atoms with E-state index in [0.717, 1.165) is 34.6 Å². The van der Waals surface area contributed by atoms with Crippen molar-refractivity contribution in [3.8, 4) is 11.3 Å². The molecule has 0 unspecified atom stereocenters. The Morgan fingerprint density at radius 3 is 2.53 bits per heavy atom. The molecule has 1 amide bonds. The molecule has 4 aromatic rings. The molecule has 3 heterocycles. The lowest BCUT2D eigenvalue weighted by molar-refractivity contribution is -0.142. The van der Waals surface area contributed by atoms with Crippen LogP contribution in [-0.2, 0) is 12.6 Å². The van der Waals surface area contributed by atoms with Gasteiger partial charge in [-0.3, -0.25) is 4.79 Å². The van der Waals surface area contributed by atoms with Crippen molar-refractivity contribution in [3.63, 3.8) is 0 Å². The fraction of sp³-hybridized carbons (Fsp3) is 0.174. The first-order chi connectivity index (χ1) is 15.3. The summed E-state index contributed by atoms with van der Waals surface area (Å²) < 4.78 is 43.0. The maximum Gasteiger partial charge on any atom is 0.433 e. The molecule has 0 saturated carbocycles. The van der Waals surface area contributed by atoms with Gasteiger partial charge in [0.05, 0.1) is 5.69 Å². The summed E-state index contributed by atoms with van der Waals surface area (Å²) in [4.78, 5) is 19.2. The molecule has 0 atom stereocenters. The average Bonchev–Trinajstić information content (AvgIpc) is 3.21. The molecule has 2 aromatic heterocycles. The minimum Gasteiger partial charge on any atom is -0.307 e. The van der Waals surface area contributed by atoms with E-state index in [4.69, 9.17) is 0 Å². The van der Waals surface area contributed by atoms with Crippen molar-refractivity contribution < 1.29 is 18.0 Å². The number of anilines is 1. The van der Waals surface area contributed by atoms with Gasteiger partial charge in [-0.1, -0.05) is 46.3 Å². The molecule has 5 rings (SSSR count). The number of rotatable bonds is 2. The van der Waals surface area contributed by atoms with E-state index in [1.165, 1.54) is 6.07 Å². The standard InChI is InChI=1S/C23H16BrF3N4O/c24-16-9-7-14(8-10-16)17-12-20(23(25,26)27)31-21(28-17)13-18(29-31)22(32)30-11-3-5-15-4-1-2-6-19(15)30/h1-2,4,6-10,12-13H,3,5,11H2. The molecule has 1 aliphatic rings. The number of aromatic nitrogens is 3. The van der Waals surface area contributed by atoms with Gasteiger partial charge in [-0.25, -0.2) is 9.50 Å². The van der Waals surface area contributed by atoms with Crippen LogP contribution in [0.5, 0.6) is 0 Å². The Labute approximate surface area is 189 Å². The number of para-hydroxylation sites is 1. The van der Waals surface area contributed by atoms with Crippen molar-refractivity contribution in [3.05, 3.63) is 82.1 Å². The summed E-state index contributed by atoms with van der Waals surface area (Å²) in [6, 6.07) is 16.6. The lowest BCUT2D eigenvalue weighted by Gasteiger charge is -2.28. The Balaban J connectivity index is 1.62. The van der Waals surface area contributed by atoms with Crippen LogP contribution in [0.4, 0.5) is 18.9 Å². The number of benzene rings is 2. The minimum absolute atomic E-state index is 0.0358. The van der Waals surface area contributed by atoms with Gasteiger partial charge in [0.25, 0.3) is 5.91 Å². The summed E-state index contributed by atoms with van der Waals surface area (Å²) >= 11 is 3.32. The third kappa shape index (κ3) is 3.66. The quantitative estimate of drug-likeness (QED) is 0.351. The molecule has 5 nitrogen and oxygen atoms in total. The molecule has 32 heavy (non-hydrogen) atoms. The largest absolute Gasteiger partial charge is 0.433 e. The number of hydrogen-bond acceptors (Lipinski definition) is 3. The van der Waals surface area contributed by atoms with Crippen molar-refractivity contribution in [2.45, 2.75) is 19.0 Å². The summed E-state index contributed by atoms with van der Waals surface area (Å²) in [6.45, 7) is 0.480. The van der Waals surface area contributed by atoms with E-state index in [1.54, 1.807) is 29.2 Å². The van der Waals surface area contributed by atoms with Crippen LogP contribution in [0.15, 0.2) is 65.1 Å². The predicted octanol–water partition coefficient (Wildman–Crippen LogP) is 5.77. The Hall–Kier alpha value is -3.20. The zero-order valence-electron chi connectivity index (χ0n) is 16.6. The van der Waals surface area contributed by atoms with Gasteiger partial charge in [-0.15, -0.1) is 0 Å². The van der Waals surface area contributed by atoms with Crippen LogP contribution in [0.1, 0.15) is 28.2 Å². The van der Waals surface area contributed by atoms with Crippen molar-refractivity contribution in [2.24, 2.45) is 0 Å². The molecular formula is C23H16BrF3N4O. The van der Waals surface area contributed by atoms with Crippen LogP contribution in [0.3, 0.4) is 0 Å². The zero-order chi connectivity index (χ0) is 22.5. The van der Waals surface area contributed by atoms with Gasteiger partial charge in [0.2, 0.25) is 0 Å². The maximum absolute atomic E-state index is 13.8. The highest BCUT2D eigenvalue weighted by molar-refractivity contribution is 9.10. The van der Waals surface area contributed by atoms with E-state index in [9.17, 15) is 18.0 Å². The van der Waals surface area contributed by atoms with Crippen LogP contribution in [0, 0.1) is 0 Å². The van der Waals surface area contributed by atoms with E-state index in [-0.39, 0.29) is 17.0 Å². The second kappa shape index (κ2) is 7.74. The molecule has 0 fully saturated rings. The average molecular weight is 501 g/mol. The second-order valence-corrected chi connectivity index (χ2v) is 8.44. The van der Waals surface area contributed by atoms with Crippen molar-refractivity contribution in [1.29, 1.82) is 0 Å². The Bertz CT molecular complexity index is 1330. The number of nitrogens with zero attached hydrogens (tertiary/aromatic N) is 4. The molecule has 0 saturated heterocycles. The molecule has 162 valence electrons. The SMILES string of the molecule is O=C(c1cc2nc(-c3ccc(Br)cc3)cc(C(F)(F)F)n2n1)N1CCCc2ccccc21. The summed E-state index contributed by atoms with van der Waals surface area (Å²) in [7, 11) is 0. The molecular weight excluding hydrogens is 485 g/mol. The third-order valence-corrected chi connectivity index (χ3v) is 5.96. The highest BCUT2D eigenvalue weighted by Gasteiger charge is 2.36. The van der Waals surface area contributed by atoms with Gasteiger partial charge < -0.3 is 4.90 Å². The third-order valence-electron chi connectivity index (χ3n) is 5.43. The molecule has 2 aromatic carbocycles. The highest BCUT2D eigenvalue weighted by Crippen LogP contribution is 2.33. The first-order valence-corrected chi connectivity index (χ1v) is 10.7. The minimum atomic E-state index is -4.67. The molecule has 9 heteroatoms. The molecule has 1 aliphatic heterocycles. The monoisotopic (exact) mass is 500 g/mol. The highest BCUT2D eigenvalue weighted by atomic mass is 79.9. The van der Waals surface area contributed by atoms with Crippen molar-refractivity contribution in [1.82, 2.24) is 14.6 Å². The topological polar surface area (TPSA) is 50.5 Å². The molecule has 0 spiro atoms. The van der Waals surface area contributed by atoms with Gasteiger partial charge in [0, 0.05) is 28.3 Å². The number of amides is 1. The summed E-state index contributed by atoms with van der Waals surface area (Å²) in [5.41, 5.74) is 1.38. The van der Waals surface area contributed by atoms with Crippen molar-refractivity contribution >= 4 is 33.2 Å². The smallest absolute Gasteiger partial charge is 0.307 e. The first-order valence-electron chi connectivity index (χ1n) is 9.95. The normalized spacial score (nSPS) is 13.9. The Kier molecular flexibility index (Phi) is 5.00. The van der Waals surface area contributed by atoms with E-state index in [0.29, 0.717) is 16.6 Å². The second-order valence-electron chi connectivity index (χ2n) is 7.52. The Morgan fingerprint density at radius 1 is 1.03 bits per heavy atom. The molecule has 0 N–H and O–H groups in total. The van der Waals surface area contributed by atoms with Gasteiger partial charge in [-0.2, -0.15) is 18.3 Å². The number of aryl methyl sites for hydroxylation is 1. The van der Waals surface area contributed by atoms with Crippen LogP contribution in [0.2, 0.25) is 0 Å². The number of carbonyl (C=O) groups is 1. The summed E-state index contributed by atoms with van der Waals surface area (Å²) in [5.74, 6) is -0.444. The molecule has 0 radical (unpaired) electrons. The fourth-order valence-corrected chi connectivity index (χ4v) is 4.20. The number of alkyl halides is 3. The van der Waals surface area contributed by atoms with Gasteiger partial charge in [-0.05, 0) is 42.7 Å². The fourth-order valence-electron chi connectivity index (χ4n) is 3.93. The van der Waals surface area contributed by atoms with Crippen molar-refractivity contribution in [2.75, 3.05) is 11.4 Å². The lowest BCUT2D eigenvalue weighted by atomic mass is 10.0. The number of hydrogen-bond donors (Lipinski definition) is 0. The summed E-state index contributed by atoms with van der Waals surface area (Å²) in [5, 5.41) is 4.01. The van der Waals surface area contributed by atoms with E-state index in [2.05, 4.69) is 26.0 Å².